The lowest BCUT2D eigenvalue weighted by atomic mass is 9.90. The van der Waals surface area contributed by atoms with E-state index in [2.05, 4.69) is 8.94 Å². The minimum absolute atomic E-state index is 0.00764. The molecule has 17 heavy (non-hydrogen) atoms. The average molecular weight is 266 g/mol. The molecule has 7 nitrogen and oxygen atoms in total. The van der Waals surface area contributed by atoms with Crippen LogP contribution in [0.5, 0.6) is 0 Å². The predicted octanol–water partition coefficient (Wildman–Crippen LogP) is 1.43. The summed E-state index contributed by atoms with van der Waals surface area (Å²) in [6, 6.07) is 0. The van der Waals surface area contributed by atoms with Crippen molar-refractivity contribution in [3.05, 3.63) is 22.1 Å². The van der Waals surface area contributed by atoms with Crippen LogP contribution in [0, 0.1) is 5.41 Å². The third kappa shape index (κ3) is 5.32. The highest BCUT2D eigenvalue weighted by molar-refractivity contribution is 7.46. The second kappa shape index (κ2) is 4.78. The van der Waals surface area contributed by atoms with Crippen molar-refractivity contribution in [2.24, 2.45) is 5.41 Å². The van der Waals surface area contributed by atoms with E-state index >= 15 is 0 Å². The minimum atomic E-state index is -4.60. The Morgan fingerprint density at radius 1 is 1.24 bits per heavy atom. The average Bonchev–Trinajstić information content (AvgIpc) is 2.38. The molecule has 98 valence electrons. The molecule has 1 rings (SSSR count). The summed E-state index contributed by atoms with van der Waals surface area (Å²) in [5.41, 5.74) is -0.156. The summed E-state index contributed by atoms with van der Waals surface area (Å²) in [6.07, 6.45) is 0.401. The second-order valence-corrected chi connectivity index (χ2v) is 6.04. The predicted molar refractivity (Wildman–Crippen MR) is 57.2 cm³/mol. The molecule has 0 fully saturated rings. The van der Waals surface area contributed by atoms with E-state index in [0.717, 1.165) is 0 Å². The van der Waals surface area contributed by atoms with Crippen molar-refractivity contribution in [3.63, 3.8) is 0 Å². The Bertz CT molecular complexity index is 472. The smallest absolute Gasteiger partial charge is 0.396 e. The molecule has 0 spiro atoms. The van der Waals surface area contributed by atoms with Gasteiger partial charge in [-0.1, -0.05) is 20.8 Å². The largest absolute Gasteiger partial charge is 0.519 e. The van der Waals surface area contributed by atoms with Crippen LogP contribution in [-0.4, -0.2) is 9.79 Å². The maximum atomic E-state index is 10.9. The molecule has 1 aromatic rings. The van der Waals surface area contributed by atoms with Crippen molar-refractivity contribution in [2.75, 3.05) is 0 Å². The Morgan fingerprint density at radius 2 is 1.76 bits per heavy atom. The molecular weight excluding hydrogens is 251 g/mol. The number of rotatable bonds is 4. The molecule has 0 radical (unpaired) electrons. The maximum Gasteiger partial charge on any atom is 0.519 e. The number of hydrogen-bond acceptors (Lipinski definition) is 5. The Labute approximate surface area is 97.6 Å². The third-order valence-electron chi connectivity index (χ3n) is 1.78. The first-order chi connectivity index (χ1) is 7.57. The highest BCUT2D eigenvalue weighted by Gasteiger charge is 2.23. The van der Waals surface area contributed by atoms with Crippen LogP contribution in [0.15, 0.2) is 13.6 Å². The summed E-state index contributed by atoms with van der Waals surface area (Å²) in [5.74, 6) is -0.655. The zero-order chi connectivity index (χ0) is 13.3. The van der Waals surface area contributed by atoms with Gasteiger partial charge in [0.2, 0.25) is 0 Å². The molecule has 1 aromatic heterocycles. The number of hydrogen-bond donors (Lipinski definition) is 2. The van der Waals surface area contributed by atoms with Crippen LogP contribution in [0.4, 0.5) is 0 Å². The van der Waals surface area contributed by atoms with Gasteiger partial charge < -0.3 is 18.6 Å². The third-order valence-corrected chi connectivity index (χ3v) is 2.24. The van der Waals surface area contributed by atoms with Crippen LogP contribution in [0.2, 0.25) is 0 Å². The molecule has 0 aliphatic heterocycles. The first kappa shape index (κ1) is 14.2. The first-order valence-electron chi connectivity index (χ1n) is 4.89. The first-order valence-corrected chi connectivity index (χ1v) is 6.42. The number of phosphoric acid groups is 1. The van der Waals surface area contributed by atoms with Gasteiger partial charge >= 0.3 is 13.6 Å². The van der Waals surface area contributed by atoms with Gasteiger partial charge in [0, 0.05) is 6.42 Å². The molecule has 8 heteroatoms. The summed E-state index contributed by atoms with van der Waals surface area (Å²) in [6.45, 7) is 5.27. The summed E-state index contributed by atoms with van der Waals surface area (Å²) < 4.78 is 24.3. The molecule has 0 aromatic carbocycles. The fraction of sp³-hybridized carbons (Fsp3) is 0.667. The van der Waals surface area contributed by atoms with Crippen molar-refractivity contribution in [1.82, 2.24) is 0 Å². The van der Waals surface area contributed by atoms with Crippen molar-refractivity contribution in [1.29, 1.82) is 0 Å². The second-order valence-electron chi connectivity index (χ2n) is 4.80. The standard InChI is InChI=1S/C9H15O7P/c1-9(2,3)4-6-7(16-8(10)15-6)5-14-17(11,12)13/h4-5H2,1-3H3,(H2,11,12,13). The van der Waals surface area contributed by atoms with Crippen LogP contribution in [-0.2, 0) is 22.1 Å². The van der Waals surface area contributed by atoms with Crippen LogP contribution >= 0.6 is 7.82 Å². The highest BCUT2D eigenvalue weighted by Crippen LogP contribution is 2.37. The summed E-state index contributed by atoms with van der Waals surface area (Å²) >= 11 is 0. The molecule has 1 heterocycles. The maximum absolute atomic E-state index is 10.9. The monoisotopic (exact) mass is 266 g/mol. The lowest BCUT2D eigenvalue weighted by molar-refractivity contribution is 0.173. The lowest BCUT2D eigenvalue weighted by Gasteiger charge is -2.15. The Hall–Kier alpha value is -0.880. The lowest BCUT2D eigenvalue weighted by Crippen LogP contribution is -2.10. The summed E-state index contributed by atoms with van der Waals surface area (Å²) in [5, 5.41) is 0. The van der Waals surface area contributed by atoms with E-state index in [1.807, 2.05) is 20.8 Å². The van der Waals surface area contributed by atoms with Crippen LogP contribution in [0.1, 0.15) is 32.3 Å². The zero-order valence-corrected chi connectivity index (χ0v) is 10.7. The molecule has 0 unspecified atom stereocenters. The van der Waals surface area contributed by atoms with E-state index in [1.54, 1.807) is 0 Å². The molecule has 0 saturated heterocycles. The van der Waals surface area contributed by atoms with Gasteiger partial charge in [-0.05, 0) is 5.41 Å². The van der Waals surface area contributed by atoms with Crippen LogP contribution in [0.25, 0.3) is 0 Å². The molecule has 0 atom stereocenters. The zero-order valence-electron chi connectivity index (χ0n) is 9.80. The molecule has 0 aliphatic carbocycles. The van der Waals surface area contributed by atoms with Crippen LogP contribution in [0.3, 0.4) is 0 Å². The molecule has 0 saturated carbocycles. The van der Waals surface area contributed by atoms with E-state index in [-0.39, 0.29) is 16.9 Å². The van der Waals surface area contributed by atoms with Gasteiger partial charge in [-0.25, -0.2) is 9.36 Å². The van der Waals surface area contributed by atoms with Gasteiger partial charge in [-0.15, -0.1) is 0 Å². The van der Waals surface area contributed by atoms with Crippen molar-refractivity contribution >= 4 is 7.82 Å². The molecule has 0 aliphatic rings. The molecule has 0 bridgehead atoms. The minimum Gasteiger partial charge on any atom is -0.396 e. The van der Waals surface area contributed by atoms with Crippen molar-refractivity contribution < 1.29 is 27.7 Å². The highest BCUT2D eigenvalue weighted by atomic mass is 31.2. The molecule has 2 N–H and O–H groups in total. The van der Waals surface area contributed by atoms with Gasteiger partial charge in [0.05, 0.1) is 0 Å². The van der Waals surface area contributed by atoms with E-state index in [4.69, 9.17) is 14.2 Å². The van der Waals surface area contributed by atoms with E-state index in [9.17, 15) is 9.36 Å². The fourth-order valence-electron chi connectivity index (χ4n) is 1.20. The number of phosphoric ester groups is 1. The van der Waals surface area contributed by atoms with Crippen LogP contribution < -0.4 is 5.82 Å². The molecule has 0 amide bonds. The van der Waals surface area contributed by atoms with Crippen molar-refractivity contribution in [3.8, 4) is 0 Å². The normalized spacial score (nSPS) is 13.0. The Morgan fingerprint density at radius 3 is 2.24 bits per heavy atom. The van der Waals surface area contributed by atoms with E-state index < -0.39 is 20.3 Å². The van der Waals surface area contributed by atoms with Gasteiger partial charge in [0.25, 0.3) is 0 Å². The van der Waals surface area contributed by atoms with Gasteiger partial charge in [-0.2, -0.15) is 0 Å². The topological polar surface area (TPSA) is 110 Å². The van der Waals surface area contributed by atoms with Gasteiger partial charge in [0.1, 0.15) is 6.61 Å². The van der Waals surface area contributed by atoms with Gasteiger partial charge in [-0.3, -0.25) is 4.52 Å². The Kier molecular flexibility index (Phi) is 3.99. The molecular formula is C9H15O7P. The summed E-state index contributed by atoms with van der Waals surface area (Å²) in [4.78, 5) is 28.0. The van der Waals surface area contributed by atoms with Crippen molar-refractivity contribution in [2.45, 2.75) is 33.8 Å². The summed E-state index contributed by atoms with van der Waals surface area (Å²) in [7, 11) is -4.60. The SMILES string of the molecule is CC(C)(C)Cc1oc(=O)oc1COP(=O)(O)O. The quantitative estimate of drug-likeness (QED) is 0.793. The fourth-order valence-corrected chi connectivity index (χ4v) is 1.49. The van der Waals surface area contributed by atoms with E-state index in [1.165, 1.54) is 0 Å². The van der Waals surface area contributed by atoms with Gasteiger partial charge in [0.15, 0.2) is 11.5 Å². The van der Waals surface area contributed by atoms with E-state index in [0.29, 0.717) is 6.42 Å². The Balaban J connectivity index is 2.85.